The number of ether oxygens (including phenoxy) is 2. The second kappa shape index (κ2) is 5.13. The van der Waals surface area contributed by atoms with E-state index in [1.165, 1.54) is 24.2 Å². The quantitative estimate of drug-likeness (QED) is 0.924. The van der Waals surface area contributed by atoms with Crippen LogP contribution in [0.4, 0.5) is 0 Å². The number of carbonyl (C=O) groups is 1. The Morgan fingerprint density at radius 1 is 1.47 bits per heavy atom. The van der Waals surface area contributed by atoms with E-state index < -0.39 is 5.97 Å². The van der Waals surface area contributed by atoms with Gasteiger partial charge in [0.1, 0.15) is 11.9 Å². The molecule has 1 unspecified atom stereocenters. The summed E-state index contributed by atoms with van der Waals surface area (Å²) >= 11 is 1.21. The molecule has 1 aromatic rings. The van der Waals surface area contributed by atoms with E-state index in [0.717, 1.165) is 32.3 Å². The molecule has 0 radical (unpaired) electrons. The van der Waals surface area contributed by atoms with E-state index in [-0.39, 0.29) is 11.7 Å². The normalized spacial score (nSPS) is 25.6. The van der Waals surface area contributed by atoms with Gasteiger partial charge in [0.05, 0.1) is 12.2 Å². The summed E-state index contributed by atoms with van der Waals surface area (Å²) in [4.78, 5) is 11.4. The fraction of sp³-hybridized carbons (Fsp3) is 0.643. The van der Waals surface area contributed by atoms with Crippen LogP contribution in [0.1, 0.15) is 48.2 Å². The Labute approximate surface area is 116 Å². The number of thiophene rings is 1. The number of hydrogen-bond acceptors (Lipinski definition) is 4. The van der Waals surface area contributed by atoms with Crippen LogP contribution in [0, 0.1) is 0 Å². The van der Waals surface area contributed by atoms with Crippen LogP contribution in [0.15, 0.2) is 11.4 Å². The average Bonchev–Trinajstić information content (AvgIpc) is 2.99. The third-order valence-corrected chi connectivity index (χ3v) is 4.96. The Balaban J connectivity index is 1.69. The van der Waals surface area contributed by atoms with Gasteiger partial charge in [-0.2, -0.15) is 0 Å². The minimum atomic E-state index is -0.910. The Kier molecular flexibility index (Phi) is 3.50. The zero-order valence-corrected chi connectivity index (χ0v) is 11.6. The summed E-state index contributed by atoms with van der Waals surface area (Å²) in [6.45, 7) is 0.719. The highest BCUT2D eigenvalue weighted by Crippen LogP contribution is 2.41. The van der Waals surface area contributed by atoms with Crippen molar-refractivity contribution in [2.24, 2.45) is 0 Å². The van der Waals surface area contributed by atoms with Crippen molar-refractivity contribution in [1.29, 1.82) is 0 Å². The SMILES string of the molecule is O=C(O)c1sccc1OC1CCOC2(CCCC2)C1. The van der Waals surface area contributed by atoms with Crippen molar-refractivity contribution < 1.29 is 19.4 Å². The summed E-state index contributed by atoms with van der Waals surface area (Å²) in [5.74, 6) is -0.398. The van der Waals surface area contributed by atoms with Crippen molar-refractivity contribution in [3.8, 4) is 5.75 Å². The molecule has 1 saturated carbocycles. The van der Waals surface area contributed by atoms with Crippen LogP contribution in [0.5, 0.6) is 5.75 Å². The lowest BCUT2D eigenvalue weighted by Crippen LogP contribution is -2.41. The summed E-state index contributed by atoms with van der Waals surface area (Å²) in [6, 6.07) is 1.75. The van der Waals surface area contributed by atoms with Gasteiger partial charge < -0.3 is 14.6 Å². The maximum atomic E-state index is 11.1. The van der Waals surface area contributed by atoms with E-state index in [4.69, 9.17) is 14.6 Å². The van der Waals surface area contributed by atoms with E-state index in [1.807, 2.05) is 0 Å². The first-order valence-electron chi connectivity index (χ1n) is 6.80. The van der Waals surface area contributed by atoms with Crippen LogP contribution in [0.25, 0.3) is 0 Å². The van der Waals surface area contributed by atoms with Gasteiger partial charge in [0.2, 0.25) is 0 Å². The molecule has 0 aromatic carbocycles. The molecule has 2 heterocycles. The molecule has 2 aliphatic rings. The van der Waals surface area contributed by atoms with E-state index in [2.05, 4.69) is 0 Å². The number of carboxylic acid groups (broad SMARTS) is 1. The summed E-state index contributed by atoms with van der Waals surface area (Å²) in [7, 11) is 0. The van der Waals surface area contributed by atoms with Crippen LogP contribution in [-0.2, 0) is 4.74 Å². The fourth-order valence-corrected chi connectivity index (χ4v) is 3.84. The molecule has 1 aliphatic carbocycles. The lowest BCUT2D eigenvalue weighted by molar-refractivity contribution is -0.108. The summed E-state index contributed by atoms with van der Waals surface area (Å²) in [6.07, 6.45) is 6.50. The monoisotopic (exact) mass is 282 g/mol. The summed E-state index contributed by atoms with van der Waals surface area (Å²) in [5.41, 5.74) is 0.00231. The summed E-state index contributed by atoms with van der Waals surface area (Å²) in [5, 5.41) is 10.9. The Bertz CT molecular complexity index is 462. The predicted molar refractivity (Wildman–Crippen MR) is 72.1 cm³/mol. The zero-order chi connectivity index (χ0) is 13.3. The van der Waals surface area contributed by atoms with E-state index in [9.17, 15) is 4.79 Å². The van der Waals surface area contributed by atoms with Crippen molar-refractivity contribution >= 4 is 17.3 Å². The molecule has 1 atom stereocenters. The standard InChI is InChI=1S/C14H18O4S/c15-13(16)12-11(4-8-19-12)18-10-3-7-17-14(9-10)5-1-2-6-14/h4,8,10H,1-3,5-7,9H2,(H,15,16). The molecular formula is C14H18O4S. The van der Waals surface area contributed by atoms with Gasteiger partial charge >= 0.3 is 5.97 Å². The van der Waals surface area contributed by atoms with E-state index >= 15 is 0 Å². The molecule has 1 aromatic heterocycles. The summed E-state index contributed by atoms with van der Waals surface area (Å²) < 4.78 is 11.9. The molecule has 2 fully saturated rings. The Morgan fingerprint density at radius 3 is 3.00 bits per heavy atom. The van der Waals surface area contributed by atoms with Crippen molar-refractivity contribution in [2.75, 3.05) is 6.61 Å². The van der Waals surface area contributed by atoms with Crippen molar-refractivity contribution in [1.82, 2.24) is 0 Å². The molecule has 5 heteroatoms. The number of rotatable bonds is 3. The molecule has 1 saturated heterocycles. The second-order valence-corrected chi connectivity index (χ2v) is 6.31. The molecule has 0 bridgehead atoms. The van der Waals surface area contributed by atoms with Gasteiger partial charge in [-0.1, -0.05) is 12.8 Å². The smallest absolute Gasteiger partial charge is 0.349 e. The van der Waals surface area contributed by atoms with Crippen LogP contribution < -0.4 is 4.74 Å². The van der Waals surface area contributed by atoms with Crippen molar-refractivity contribution in [3.63, 3.8) is 0 Å². The first-order valence-corrected chi connectivity index (χ1v) is 7.68. The van der Waals surface area contributed by atoms with Crippen LogP contribution in [-0.4, -0.2) is 29.4 Å². The molecule has 0 amide bonds. The van der Waals surface area contributed by atoms with Crippen molar-refractivity contribution in [3.05, 3.63) is 16.3 Å². The van der Waals surface area contributed by atoms with Gasteiger partial charge in [-0.25, -0.2) is 4.79 Å². The third-order valence-electron chi connectivity index (χ3n) is 4.08. The first kappa shape index (κ1) is 12.9. The molecule has 19 heavy (non-hydrogen) atoms. The minimum Gasteiger partial charge on any atom is -0.488 e. The van der Waals surface area contributed by atoms with Gasteiger partial charge in [-0.3, -0.25) is 0 Å². The van der Waals surface area contributed by atoms with Gasteiger partial charge in [-0.15, -0.1) is 11.3 Å². The van der Waals surface area contributed by atoms with Crippen LogP contribution in [0.3, 0.4) is 0 Å². The lowest BCUT2D eigenvalue weighted by atomic mass is 9.90. The Morgan fingerprint density at radius 2 is 2.26 bits per heavy atom. The number of hydrogen-bond donors (Lipinski definition) is 1. The Hall–Kier alpha value is -1.07. The van der Waals surface area contributed by atoms with Gasteiger partial charge in [0.15, 0.2) is 4.88 Å². The topological polar surface area (TPSA) is 55.8 Å². The van der Waals surface area contributed by atoms with Crippen LogP contribution >= 0.6 is 11.3 Å². The third kappa shape index (κ3) is 2.62. The fourth-order valence-electron chi connectivity index (χ4n) is 3.18. The first-order chi connectivity index (χ1) is 9.19. The second-order valence-electron chi connectivity index (χ2n) is 5.39. The maximum Gasteiger partial charge on any atom is 0.349 e. The number of aromatic carboxylic acids is 1. The predicted octanol–water partition coefficient (Wildman–Crippen LogP) is 3.32. The molecule has 1 aliphatic heterocycles. The highest BCUT2D eigenvalue weighted by atomic mass is 32.1. The highest BCUT2D eigenvalue weighted by molar-refractivity contribution is 7.12. The minimum absolute atomic E-state index is 0.00231. The molecule has 4 nitrogen and oxygen atoms in total. The highest BCUT2D eigenvalue weighted by Gasteiger charge is 2.40. The van der Waals surface area contributed by atoms with E-state index in [1.54, 1.807) is 11.4 Å². The molecule has 1 N–H and O–H groups in total. The van der Waals surface area contributed by atoms with Gasteiger partial charge in [0, 0.05) is 12.8 Å². The van der Waals surface area contributed by atoms with E-state index in [0.29, 0.717) is 10.6 Å². The van der Waals surface area contributed by atoms with Gasteiger partial charge in [0.25, 0.3) is 0 Å². The van der Waals surface area contributed by atoms with Gasteiger partial charge in [-0.05, 0) is 24.3 Å². The maximum absolute atomic E-state index is 11.1. The molecule has 104 valence electrons. The molecule has 1 spiro atoms. The lowest BCUT2D eigenvalue weighted by Gasteiger charge is -2.38. The number of carboxylic acids is 1. The van der Waals surface area contributed by atoms with Crippen LogP contribution in [0.2, 0.25) is 0 Å². The molecule has 3 rings (SSSR count). The average molecular weight is 282 g/mol. The molecular weight excluding hydrogens is 264 g/mol. The van der Waals surface area contributed by atoms with Crippen molar-refractivity contribution in [2.45, 2.75) is 50.2 Å². The zero-order valence-electron chi connectivity index (χ0n) is 10.8. The largest absolute Gasteiger partial charge is 0.488 e.